The molecule has 21 heavy (non-hydrogen) atoms. The van der Waals surface area contributed by atoms with E-state index in [0.717, 1.165) is 11.6 Å². The van der Waals surface area contributed by atoms with Gasteiger partial charge in [-0.05, 0) is 36.8 Å². The van der Waals surface area contributed by atoms with Gasteiger partial charge in [-0.2, -0.15) is 10.2 Å². The van der Waals surface area contributed by atoms with Crippen LogP contribution >= 0.6 is 0 Å². The molecule has 2 aromatic rings. The quantitative estimate of drug-likeness (QED) is 0.834. The third-order valence-electron chi connectivity index (χ3n) is 2.80. The van der Waals surface area contributed by atoms with Crippen molar-refractivity contribution >= 4 is 23.3 Å². The lowest BCUT2D eigenvalue weighted by Gasteiger charge is -2.01. The average Bonchev–Trinajstić information content (AvgIpc) is 2.46. The zero-order valence-corrected chi connectivity index (χ0v) is 11.1. The molecule has 0 atom stereocenters. The van der Waals surface area contributed by atoms with E-state index in [-0.39, 0.29) is 16.8 Å². The molecule has 106 valence electrons. The van der Waals surface area contributed by atoms with E-state index in [1.807, 2.05) is 19.1 Å². The molecule has 6 heteroatoms. The third kappa shape index (κ3) is 3.50. The number of hydrogen-bond donors (Lipinski definition) is 2. The van der Waals surface area contributed by atoms with Gasteiger partial charge in [0.25, 0.3) is 0 Å². The van der Waals surface area contributed by atoms with Crippen LogP contribution in [0.15, 0.2) is 52.7 Å². The van der Waals surface area contributed by atoms with Gasteiger partial charge in [-0.3, -0.25) is 0 Å². The summed E-state index contributed by atoms with van der Waals surface area (Å²) < 4.78 is 0. The van der Waals surface area contributed by atoms with Crippen LogP contribution in [0.3, 0.4) is 0 Å². The molecule has 0 spiro atoms. The van der Waals surface area contributed by atoms with Gasteiger partial charge in [0.15, 0.2) is 0 Å². The van der Waals surface area contributed by atoms with E-state index in [1.165, 1.54) is 12.1 Å². The van der Waals surface area contributed by atoms with Crippen molar-refractivity contribution in [2.24, 2.45) is 10.2 Å². The normalized spacial score (nSPS) is 10.7. The van der Waals surface area contributed by atoms with Gasteiger partial charge in [0.05, 0.1) is 22.5 Å². The SMILES string of the molecule is Cc1ccccc1N=Nc1cc(C(=O)O)cc(C(=O)O)c1. The first-order valence-electron chi connectivity index (χ1n) is 6.06. The number of carboxylic acid groups (broad SMARTS) is 2. The van der Waals surface area contributed by atoms with E-state index in [4.69, 9.17) is 10.2 Å². The van der Waals surface area contributed by atoms with Crippen molar-refractivity contribution in [3.63, 3.8) is 0 Å². The van der Waals surface area contributed by atoms with E-state index in [0.29, 0.717) is 5.69 Å². The summed E-state index contributed by atoms with van der Waals surface area (Å²) in [5.74, 6) is -2.43. The van der Waals surface area contributed by atoms with Crippen molar-refractivity contribution < 1.29 is 19.8 Å². The summed E-state index contributed by atoms with van der Waals surface area (Å²) >= 11 is 0. The van der Waals surface area contributed by atoms with Crippen LogP contribution in [0.2, 0.25) is 0 Å². The number of carboxylic acids is 2. The van der Waals surface area contributed by atoms with Crippen LogP contribution in [0.5, 0.6) is 0 Å². The zero-order chi connectivity index (χ0) is 15.4. The maximum absolute atomic E-state index is 11.0. The summed E-state index contributed by atoms with van der Waals surface area (Å²) in [4.78, 5) is 22.0. The highest BCUT2D eigenvalue weighted by molar-refractivity contribution is 5.95. The maximum Gasteiger partial charge on any atom is 0.335 e. The summed E-state index contributed by atoms with van der Waals surface area (Å²) in [5, 5.41) is 25.9. The molecule has 0 amide bonds. The number of nitrogens with zero attached hydrogens (tertiary/aromatic N) is 2. The Morgan fingerprint density at radius 1 is 0.905 bits per heavy atom. The van der Waals surface area contributed by atoms with Crippen LogP contribution in [0.25, 0.3) is 0 Å². The van der Waals surface area contributed by atoms with Gasteiger partial charge < -0.3 is 10.2 Å². The first kappa shape index (κ1) is 14.4. The Kier molecular flexibility index (Phi) is 4.08. The van der Waals surface area contributed by atoms with Crippen molar-refractivity contribution in [1.29, 1.82) is 0 Å². The predicted molar refractivity (Wildman–Crippen MR) is 75.7 cm³/mol. The van der Waals surface area contributed by atoms with Gasteiger partial charge in [-0.1, -0.05) is 18.2 Å². The van der Waals surface area contributed by atoms with Crippen LogP contribution in [0, 0.1) is 6.92 Å². The lowest BCUT2D eigenvalue weighted by atomic mass is 10.1. The van der Waals surface area contributed by atoms with Crippen molar-refractivity contribution in [3.8, 4) is 0 Å². The summed E-state index contributed by atoms with van der Waals surface area (Å²) in [5.41, 5.74) is 1.43. The van der Waals surface area contributed by atoms with Crippen LogP contribution in [0.1, 0.15) is 26.3 Å². The Morgan fingerprint density at radius 2 is 1.48 bits per heavy atom. The first-order chi connectivity index (χ1) is 9.97. The summed E-state index contributed by atoms with van der Waals surface area (Å²) in [6.07, 6.45) is 0. The molecule has 0 bridgehead atoms. The number of hydrogen-bond acceptors (Lipinski definition) is 4. The molecule has 2 N–H and O–H groups in total. The molecular weight excluding hydrogens is 272 g/mol. The summed E-state index contributed by atoms with van der Waals surface area (Å²) in [7, 11) is 0. The molecule has 0 radical (unpaired) electrons. The smallest absolute Gasteiger partial charge is 0.335 e. The second-order valence-corrected chi connectivity index (χ2v) is 4.37. The van der Waals surface area contributed by atoms with Crippen LogP contribution in [-0.4, -0.2) is 22.2 Å². The maximum atomic E-state index is 11.0. The van der Waals surface area contributed by atoms with Crippen LogP contribution in [-0.2, 0) is 0 Å². The van der Waals surface area contributed by atoms with Gasteiger partial charge in [0.1, 0.15) is 0 Å². The second kappa shape index (κ2) is 5.96. The Labute approximate surface area is 120 Å². The standard InChI is InChI=1S/C15H12N2O4/c1-9-4-2-3-5-13(9)17-16-12-7-10(14(18)19)6-11(8-12)15(20)21/h2-8H,1H3,(H,18,19)(H,20,21). The second-order valence-electron chi connectivity index (χ2n) is 4.37. The Hall–Kier alpha value is -3.02. The van der Waals surface area contributed by atoms with Crippen molar-refractivity contribution in [3.05, 3.63) is 59.2 Å². The molecule has 0 fully saturated rings. The molecule has 0 aliphatic carbocycles. The number of benzene rings is 2. The molecule has 2 aromatic carbocycles. The van der Waals surface area contributed by atoms with Gasteiger partial charge >= 0.3 is 11.9 Å². The number of azo groups is 1. The minimum absolute atomic E-state index is 0.145. The number of aryl methyl sites for hydroxylation is 1. The van der Waals surface area contributed by atoms with E-state index in [9.17, 15) is 9.59 Å². The van der Waals surface area contributed by atoms with Crippen molar-refractivity contribution in [2.45, 2.75) is 6.92 Å². The molecule has 0 aliphatic heterocycles. The van der Waals surface area contributed by atoms with Crippen LogP contribution in [0.4, 0.5) is 11.4 Å². The minimum atomic E-state index is -1.22. The Balaban J connectivity index is 2.42. The topological polar surface area (TPSA) is 99.3 Å². The van der Waals surface area contributed by atoms with Crippen LogP contribution < -0.4 is 0 Å². The predicted octanol–water partition coefficient (Wildman–Crippen LogP) is 3.81. The largest absolute Gasteiger partial charge is 0.478 e. The van der Waals surface area contributed by atoms with Gasteiger partial charge in [-0.25, -0.2) is 9.59 Å². The number of rotatable bonds is 4. The molecule has 0 aliphatic rings. The highest BCUT2D eigenvalue weighted by atomic mass is 16.4. The van der Waals surface area contributed by atoms with Gasteiger partial charge in [0.2, 0.25) is 0 Å². The highest BCUT2D eigenvalue weighted by Gasteiger charge is 2.11. The summed E-state index contributed by atoms with van der Waals surface area (Å²) in [6, 6.07) is 10.9. The average molecular weight is 284 g/mol. The van der Waals surface area contributed by atoms with E-state index in [1.54, 1.807) is 12.1 Å². The van der Waals surface area contributed by atoms with E-state index >= 15 is 0 Å². The molecule has 2 rings (SSSR count). The lowest BCUT2D eigenvalue weighted by Crippen LogP contribution is -2.01. The fraction of sp³-hybridized carbons (Fsp3) is 0.0667. The minimum Gasteiger partial charge on any atom is -0.478 e. The van der Waals surface area contributed by atoms with Crippen molar-refractivity contribution in [2.75, 3.05) is 0 Å². The highest BCUT2D eigenvalue weighted by Crippen LogP contribution is 2.23. The monoisotopic (exact) mass is 284 g/mol. The third-order valence-corrected chi connectivity index (χ3v) is 2.80. The van der Waals surface area contributed by atoms with Gasteiger partial charge in [0, 0.05) is 0 Å². The molecule has 6 nitrogen and oxygen atoms in total. The van der Waals surface area contributed by atoms with Gasteiger partial charge in [-0.15, -0.1) is 0 Å². The molecular formula is C15H12N2O4. The van der Waals surface area contributed by atoms with E-state index in [2.05, 4.69) is 10.2 Å². The zero-order valence-electron chi connectivity index (χ0n) is 11.1. The Morgan fingerprint density at radius 3 is 2.00 bits per heavy atom. The fourth-order valence-electron chi connectivity index (χ4n) is 1.70. The number of aromatic carboxylic acids is 2. The summed E-state index contributed by atoms with van der Waals surface area (Å²) in [6.45, 7) is 1.87. The molecule has 0 heterocycles. The molecule has 0 unspecified atom stereocenters. The fourth-order valence-corrected chi connectivity index (χ4v) is 1.70. The Bertz CT molecular complexity index is 706. The van der Waals surface area contributed by atoms with Crippen molar-refractivity contribution in [1.82, 2.24) is 0 Å². The number of carbonyl (C=O) groups is 2. The van der Waals surface area contributed by atoms with E-state index < -0.39 is 11.9 Å². The lowest BCUT2D eigenvalue weighted by molar-refractivity contribution is 0.0696. The molecule has 0 saturated carbocycles. The molecule has 0 aromatic heterocycles. The molecule has 0 saturated heterocycles. The first-order valence-corrected chi connectivity index (χ1v) is 6.06.